The van der Waals surface area contributed by atoms with Crippen molar-refractivity contribution in [3.05, 3.63) is 30.3 Å². The zero-order valence-corrected chi connectivity index (χ0v) is 16.1. The van der Waals surface area contributed by atoms with Gasteiger partial charge in [-0.25, -0.2) is 4.79 Å². The van der Waals surface area contributed by atoms with E-state index in [4.69, 9.17) is 9.47 Å². The normalized spacial score (nSPS) is 28.6. The Kier molecular flexibility index (Phi) is 5.50. The van der Waals surface area contributed by atoms with E-state index >= 15 is 0 Å². The van der Waals surface area contributed by atoms with Crippen LogP contribution in [-0.4, -0.2) is 69.2 Å². The summed E-state index contributed by atoms with van der Waals surface area (Å²) in [5.74, 6) is -2.19. The number of fused-ring (bicyclic) bond motifs is 1. The third kappa shape index (κ3) is 3.77. The number of para-hydroxylation sites is 1. The van der Waals surface area contributed by atoms with E-state index in [-0.39, 0.29) is 12.4 Å². The number of thioether (sulfide) groups is 1. The van der Waals surface area contributed by atoms with Gasteiger partial charge < -0.3 is 24.8 Å². The highest BCUT2D eigenvalue weighted by Gasteiger charge is 2.62. The highest BCUT2D eigenvalue weighted by Crippen LogP contribution is 2.43. The van der Waals surface area contributed by atoms with Crippen LogP contribution in [0.2, 0.25) is 0 Å². The van der Waals surface area contributed by atoms with Gasteiger partial charge in [-0.2, -0.15) is 0 Å². The van der Waals surface area contributed by atoms with E-state index in [2.05, 4.69) is 5.32 Å². The smallest absolute Gasteiger partial charge is 0.330 e. The first-order valence-corrected chi connectivity index (χ1v) is 9.61. The fraction of sp³-hybridized carbons (Fsp3) is 0.444. The average Bonchev–Trinajstić information content (AvgIpc) is 2.64. The molecule has 2 saturated heterocycles. The minimum atomic E-state index is -1.35. The maximum Gasteiger partial charge on any atom is 0.330 e. The second kappa shape index (κ2) is 7.70. The molecule has 4 atom stereocenters. The molecule has 9 nitrogen and oxygen atoms in total. The number of hydrogen-bond donors (Lipinski definition) is 2. The average molecular weight is 408 g/mol. The number of carbonyl (C=O) groups is 4. The number of carboxylic acid groups (broad SMARTS) is 1. The molecule has 0 bridgehead atoms. The molecular formula is C18H20N2O7S. The molecule has 0 radical (unpaired) electrons. The second-order valence-corrected chi connectivity index (χ2v) is 7.85. The molecule has 1 aromatic rings. The van der Waals surface area contributed by atoms with E-state index in [0.29, 0.717) is 5.75 Å². The molecule has 28 heavy (non-hydrogen) atoms. The minimum absolute atomic E-state index is 0.185. The predicted molar refractivity (Wildman–Crippen MR) is 98.6 cm³/mol. The predicted octanol–water partition coefficient (Wildman–Crippen LogP) is 0.240. The van der Waals surface area contributed by atoms with Crippen molar-refractivity contribution in [1.82, 2.24) is 10.2 Å². The molecule has 2 heterocycles. The largest absolute Gasteiger partial charge is 0.484 e. The lowest BCUT2D eigenvalue weighted by Crippen LogP contribution is -2.79. The fourth-order valence-electron chi connectivity index (χ4n) is 3.37. The van der Waals surface area contributed by atoms with Crippen molar-refractivity contribution >= 4 is 35.5 Å². The lowest BCUT2D eigenvalue weighted by molar-refractivity contribution is -0.184. The molecule has 2 unspecified atom stereocenters. The number of carboxylic acids is 1. The molecule has 3 rings (SSSR count). The number of rotatable bonds is 6. The summed E-state index contributed by atoms with van der Waals surface area (Å²) in [7, 11) is 0. The first-order chi connectivity index (χ1) is 13.2. The molecule has 0 aliphatic carbocycles. The van der Waals surface area contributed by atoms with Crippen LogP contribution >= 0.6 is 11.8 Å². The Morgan fingerprint density at radius 2 is 2.00 bits per heavy atom. The first kappa shape index (κ1) is 20.0. The van der Waals surface area contributed by atoms with Crippen LogP contribution in [0.3, 0.4) is 0 Å². The lowest BCUT2D eigenvalue weighted by Gasteiger charge is -2.56. The Labute approximate surface area is 165 Å². The summed E-state index contributed by atoms with van der Waals surface area (Å²) in [6, 6.07) is 6.60. The van der Waals surface area contributed by atoms with Crippen LogP contribution in [0.25, 0.3) is 0 Å². The van der Waals surface area contributed by atoms with Gasteiger partial charge in [-0.15, -0.1) is 11.8 Å². The minimum Gasteiger partial charge on any atom is -0.484 e. The molecule has 0 spiro atoms. The SMILES string of the molecule is CC(=O)OC1(C)CS[C@H]2[C@@H](NC(=O)COc3ccccc3)C(=O)N2C1C(=O)O. The number of ether oxygens (including phenoxy) is 2. The third-order valence-corrected chi connectivity index (χ3v) is 6.10. The summed E-state index contributed by atoms with van der Waals surface area (Å²) in [5.41, 5.74) is -1.35. The number of hydrogen-bond acceptors (Lipinski definition) is 7. The van der Waals surface area contributed by atoms with Gasteiger partial charge in [-0.1, -0.05) is 18.2 Å². The number of amides is 2. The first-order valence-electron chi connectivity index (χ1n) is 8.56. The second-order valence-electron chi connectivity index (χ2n) is 6.74. The molecule has 1 aromatic carbocycles. The Morgan fingerprint density at radius 1 is 1.32 bits per heavy atom. The highest BCUT2D eigenvalue weighted by atomic mass is 32.2. The lowest BCUT2D eigenvalue weighted by atomic mass is 9.91. The van der Waals surface area contributed by atoms with Crippen LogP contribution in [0, 0.1) is 0 Å². The van der Waals surface area contributed by atoms with Crippen molar-refractivity contribution in [2.45, 2.75) is 36.9 Å². The van der Waals surface area contributed by atoms with Gasteiger partial charge in [0.25, 0.3) is 5.91 Å². The van der Waals surface area contributed by atoms with Gasteiger partial charge in [0.15, 0.2) is 12.6 Å². The summed E-state index contributed by atoms with van der Waals surface area (Å²) in [5, 5.41) is 11.6. The molecule has 0 aromatic heterocycles. The van der Waals surface area contributed by atoms with Gasteiger partial charge in [0.2, 0.25) is 5.91 Å². The van der Waals surface area contributed by atoms with Gasteiger partial charge in [-0.05, 0) is 19.1 Å². The number of β-lactam (4-membered cyclic amide) rings is 1. The zero-order chi connectivity index (χ0) is 20.5. The Balaban J connectivity index is 1.63. The molecular weight excluding hydrogens is 388 g/mol. The molecule has 2 fully saturated rings. The summed E-state index contributed by atoms with van der Waals surface area (Å²) < 4.78 is 10.6. The standard InChI is InChI=1S/C18H20N2O7S/c1-10(21)27-18(2)9-28-16-13(15(23)20(16)14(18)17(24)25)19-12(22)8-26-11-6-4-3-5-7-11/h3-7,13-14,16H,8-9H2,1-2H3,(H,19,22)(H,24,25)/t13-,14?,16-,18?/m0/s1. The van der Waals surface area contributed by atoms with E-state index in [1.807, 2.05) is 6.07 Å². The Hall–Kier alpha value is -2.75. The van der Waals surface area contributed by atoms with Crippen molar-refractivity contribution < 1.29 is 33.8 Å². The number of carbonyl (C=O) groups excluding carboxylic acids is 3. The number of nitrogens with one attached hydrogen (secondary N) is 1. The molecule has 2 aliphatic rings. The number of aliphatic carboxylic acids is 1. The van der Waals surface area contributed by atoms with E-state index < -0.39 is 46.8 Å². The molecule has 0 saturated carbocycles. The number of nitrogens with zero attached hydrogens (tertiary/aromatic N) is 1. The maximum absolute atomic E-state index is 12.5. The summed E-state index contributed by atoms with van der Waals surface area (Å²) >= 11 is 1.26. The van der Waals surface area contributed by atoms with Gasteiger partial charge >= 0.3 is 11.9 Å². The maximum atomic E-state index is 12.5. The third-order valence-electron chi connectivity index (χ3n) is 4.52. The van der Waals surface area contributed by atoms with Crippen LogP contribution in [-0.2, 0) is 23.9 Å². The van der Waals surface area contributed by atoms with Crippen LogP contribution in [0.1, 0.15) is 13.8 Å². The van der Waals surface area contributed by atoms with E-state index in [0.717, 1.165) is 4.90 Å². The van der Waals surface area contributed by atoms with Crippen LogP contribution in [0.15, 0.2) is 30.3 Å². The van der Waals surface area contributed by atoms with E-state index in [1.165, 1.54) is 25.6 Å². The summed E-state index contributed by atoms with van der Waals surface area (Å²) in [4.78, 5) is 49.0. The quantitative estimate of drug-likeness (QED) is 0.507. The van der Waals surface area contributed by atoms with Crippen molar-refractivity contribution in [3.8, 4) is 5.75 Å². The van der Waals surface area contributed by atoms with E-state index in [9.17, 15) is 24.3 Å². The van der Waals surface area contributed by atoms with Crippen molar-refractivity contribution in [2.24, 2.45) is 0 Å². The van der Waals surface area contributed by atoms with E-state index in [1.54, 1.807) is 24.3 Å². The molecule has 2 amide bonds. The van der Waals surface area contributed by atoms with Gasteiger partial charge in [0.1, 0.15) is 22.8 Å². The van der Waals surface area contributed by atoms with Gasteiger partial charge in [-0.3, -0.25) is 14.4 Å². The Morgan fingerprint density at radius 3 is 2.61 bits per heavy atom. The number of esters is 1. The molecule has 10 heteroatoms. The van der Waals surface area contributed by atoms with Crippen molar-refractivity contribution in [2.75, 3.05) is 12.4 Å². The molecule has 2 aliphatic heterocycles. The van der Waals surface area contributed by atoms with Crippen LogP contribution in [0.4, 0.5) is 0 Å². The molecule has 2 N–H and O–H groups in total. The van der Waals surface area contributed by atoms with Crippen molar-refractivity contribution in [3.63, 3.8) is 0 Å². The monoisotopic (exact) mass is 408 g/mol. The van der Waals surface area contributed by atoms with Crippen LogP contribution < -0.4 is 10.1 Å². The van der Waals surface area contributed by atoms with Gasteiger partial charge in [0, 0.05) is 12.7 Å². The van der Waals surface area contributed by atoms with Crippen molar-refractivity contribution in [1.29, 1.82) is 0 Å². The fourth-order valence-corrected chi connectivity index (χ4v) is 4.85. The van der Waals surface area contributed by atoms with Gasteiger partial charge in [0.05, 0.1) is 0 Å². The Bertz CT molecular complexity index is 802. The number of benzene rings is 1. The topological polar surface area (TPSA) is 122 Å². The highest BCUT2D eigenvalue weighted by molar-refractivity contribution is 8.00. The zero-order valence-electron chi connectivity index (χ0n) is 15.3. The summed E-state index contributed by atoms with van der Waals surface area (Å²) in [6.45, 7) is 2.41. The van der Waals surface area contributed by atoms with Crippen LogP contribution in [0.5, 0.6) is 5.75 Å². The molecule has 150 valence electrons. The summed E-state index contributed by atoms with van der Waals surface area (Å²) in [6.07, 6.45) is 0.